The standard InChI is InChI=1S/C23H32N4O3/c1-3-29-23(28)27-11-9-26(10-12-27)22-19(15-24-16-20-8-5-13-30-20)14-18-7-4-6-17(2)21(18)25-22/h4,6-7,14,20,24H,3,5,8-13,15-16H2,1-2H3. The van der Waals surface area contributed by atoms with Crippen molar-refractivity contribution in [3.63, 3.8) is 0 Å². The fourth-order valence-corrected chi connectivity index (χ4v) is 4.27. The van der Waals surface area contributed by atoms with Crippen molar-refractivity contribution in [3.8, 4) is 0 Å². The summed E-state index contributed by atoms with van der Waals surface area (Å²) in [6.07, 6.45) is 2.37. The maximum atomic E-state index is 12.0. The van der Waals surface area contributed by atoms with Gasteiger partial charge in [0.1, 0.15) is 5.82 Å². The number of hydrogen-bond donors (Lipinski definition) is 1. The molecule has 2 aliphatic heterocycles. The van der Waals surface area contributed by atoms with E-state index in [0.29, 0.717) is 25.8 Å². The predicted octanol–water partition coefficient (Wildman–Crippen LogP) is 3.09. The molecule has 7 nitrogen and oxygen atoms in total. The van der Waals surface area contributed by atoms with Gasteiger partial charge in [-0.15, -0.1) is 0 Å². The zero-order chi connectivity index (χ0) is 20.9. The van der Waals surface area contributed by atoms with Gasteiger partial charge in [-0.1, -0.05) is 18.2 Å². The second-order valence-electron chi connectivity index (χ2n) is 8.06. The first-order chi connectivity index (χ1) is 14.7. The van der Waals surface area contributed by atoms with Crippen LogP contribution in [-0.4, -0.2) is 68.0 Å². The zero-order valence-electron chi connectivity index (χ0n) is 18.0. The monoisotopic (exact) mass is 412 g/mol. The summed E-state index contributed by atoms with van der Waals surface area (Å²) in [7, 11) is 0. The zero-order valence-corrected chi connectivity index (χ0v) is 18.0. The van der Waals surface area contributed by atoms with Gasteiger partial charge in [0.25, 0.3) is 0 Å². The Balaban J connectivity index is 1.52. The van der Waals surface area contributed by atoms with Crippen molar-refractivity contribution in [2.24, 2.45) is 0 Å². The van der Waals surface area contributed by atoms with Crippen LogP contribution in [0.3, 0.4) is 0 Å². The Morgan fingerprint density at radius 2 is 2.13 bits per heavy atom. The van der Waals surface area contributed by atoms with Crippen LogP contribution in [0, 0.1) is 6.92 Å². The first kappa shape index (κ1) is 20.9. The smallest absolute Gasteiger partial charge is 0.409 e. The first-order valence-electron chi connectivity index (χ1n) is 11.0. The molecular formula is C23H32N4O3. The van der Waals surface area contributed by atoms with Crippen molar-refractivity contribution in [1.29, 1.82) is 0 Å². The van der Waals surface area contributed by atoms with Crippen LogP contribution < -0.4 is 10.2 Å². The molecule has 1 aromatic carbocycles. The Hall–Kier alpha value is -2.38. The van der Waals surface area contributed by atoms with E-state index in [2.05, 4.69) is 41.4 Å². The number of benzene rings is 1. The van der Waals surface area contributed by atoms with Gasteiger partial charge < -0.3 is 24.6 Å². The molecule has 1 unspecified atom stereocenters. The minimum Gasteiger partial charge on any atom is -0.450 e. The fraction of sp³-hybridized carbons (Fsp3) is 0.565. The lowest BCUT2D eigenvalue weighted by molar-refractivity contribution is 0.105. The molecule has 0 bridgehead atoms. The Morgan fingerprint density at radius 3 is 2.87 bits per heavy atom. The van der Waals surface area contributed by atoms with Gasteiger partial charge in [-0.25, -0.2) is 9.78 Å². The maximum Gasteiger partial charge on any atom is 0.409 e. The van der Waals surface area contributed by atoms with Gasteiger partial charge in [0.2, 0.25) is 0 Å². The third-order valence-corrected chi connectivity index (χ3v) is 5.92. The third kappa shape index (κ3) is 4.68. The van der Waals surface area contributed by atoms with Gasteiger partial charge in [-0.05, 0) is 38.3 Å². The number of piperazine rings is 1. The summed E-state index contributed by atoms with van der Waals surface area (Å²) < 4.78 is 10.9. The molecule has 2 aliphatic rings. The van der Waals surface area contributed by atoms with Gasteiger partial charge in [0, 0.05) is 56.8 Å². The Labute approximate surface area is 178 Å². The van der Waals surface area contributed by atoms with E-state index < -0.39 is 0 Å². The lowest BCUT2D eigenvalue weighted by Crippen LogP contribution is -2.49. The van der Waals surface area contributed by atoms with Crippen molar-refractivity contribution < 1.29 is 14.3 Å². The van der Waals surface area contributed by atoms with Crippen molar-refractivity contribution in [1.82, 2.24) is 15.2 Å². The number of aromatic nitrogens is 1. The highest BCUT2D eigenvalue weighted by molar-refractivity contribution is 5.84. The molecule has 3 heterocycles. The number of fused-ring (bicyclic) bond motifs is 1. The SMILES string of the molecule is CCOC(=O)N1CCN(c2nc3c(C)cccc3cc2CNCC2CCCO2)CC1. The number of nitrogens with one attached hydrogen (secondary N) is 1. The molecule has 2 aromatic rings. The molecule has 162 valence electrons. The number of carbonyl (C=O) groups excluding carboxylic acids is 1. The van der Waals surface area contributed by atoms with Crippen LogP contribution in [0.15, 0.2) is 24.3 Å². The number of aryl methyl sites for hydroxylation is 1. The number of hydrogen-bond acceptors (Lipinski definition) is 6. The van der Waals surface area contributed by atoms with E-state index in [9.17, 15) is 4.79 Å². The molecule has 2 fully saturated rings. The summed E-state index contributed by atoms with van der Waals surface area (Å²) in [6, 6.07) is 8.57. The van der Waals surface area contributed by atoms with Crippen LogP contribution >= 0.6 is 0 Å². The molecule has 4 rings (SSSR count). The summed E-state index contributed by atoms with van der Waals surface area (Å²) >= 11 is 0. The van der Waals surface area contributed by atoms with E-state index in [4.69, 9.17) is 14.5 Å². The number of amides is 1. The van der Waals surface area contributed by atoms with Crippen LogP contribution in [0.1, 0.15) is 30.9 Å². The molecule has 0 saturated carbocycles. The van der Waals surface area contributed by atoms with E-state index in [1.165, 1.54) is 11.1 Å². The van der Waals surface area contributed by atoms with Crippen molar-refractivity contribution in [2.75, 3.05) is 50.8 Å². The molecular weight excluding hydrogens is 380 g/mol. The lowest BCUT2D eigenvalue weighted by atomic mass is 10.1. The quantitative estimate of drug-likeness (QED) is 0.787. The van der Waals surface area contributed by atoms with Crippen molar-refractivity contribution in [3.05, 3.63) is 35.4 Å². The number of ether oxygens (including phenoxy) is 2. The highest BCUT2D eigenvalue weighted by atomic mass is 16.6. The summed E-state index contributed by atoms with van der Waals surface area (Å²) in [4.78, 5) is 21.2. The van der Waals surface area contributed by atoms with E-state index in [1.807, 2.05) is 6.92 Å². The molecule has 30 heavy (non-hydrogen) atoms. The lowest BCUT2D eigenvalue weighted by Gasteiger charge is -2.35. The van der Waals surface area contributed by atoms with Crippen molar-refractivity contribution >= 4 is 22.8 Å². The molecule has 0 spiro atoms. The highest BCUT2D eigenvalue weighted by Gasteiger charge is 2.25. The topological polar surface area (TPSA) is 66.9 Å². The molecule has 2 saturated heterocycles. The van der Waals surface area contributed by atoms with Gasteiger partial charge in [-0.3, -0.25) is 0 Å². The van der Waals surface area contributed by atoms with Crippen LogP contribution in [0.25, 0.3) is 10.9 Å². The second kappa shape index (κ2) is 9.62. The fourth-order valence-electron chi connectivity index (χ4n) is 4.27. The molecule has 0 aliphatic carbocycles. The van der Waals surface area contributed by atoms with Gasteiger partial charge in [0.05, 0.1) is 18.2 Å². The van der Waals surface area contributed by atoms with E-state index in [0.717, 1.165) is 62.3 Å². The number of para-hydroxylation sites is 1. The number of rotatable bonds is 6. The number of carbonyl (C=O) groups is 1. The van der Waals surface area contributed by atoms with Gasteiger partial charge in [-0.2, -0.15) is 0 Å². The number of anilines is 1. The maximum absolute atomic E-state index is 12.0. The van der Waals surface area contributed by atoms with Gasteiger partial charge >= 0.3 is 6.09 Å². The number of nitrogens with zero attached hydrogens (tertiary/aromatic N) is 3. The Bertz CT molecular complexity index is 874. The Morgan fingerprint density at radius 1 is 1.30 bits per heavy atom. The third-order valence-electron chi connectivity index (χ3n) is 5.92. The summed E-state index contributed by atoms with van der Waals surface area (Å²) in [5, 5.41) is 4.73. The van der Waals surface area contributed by atoms with Crippen LogP contribution in [0.5, 0.6) is 0 Å². The highest BCUT2D eigenvalue weighted by Crippen LogP contribution is 2.27. The minimum atomic E-state index is -0.224. The molecule has 1 atom stereocenters. The average Bonchev–Trinajstić information content (AvgIpc) is 3.27. The normalized spacial score (nSPS) is 19.5. The summed E-state index contributed by atoms with van der Waals surface area (Å²) in [5.41, 5.74) is 3.41. The largest absolute Gasteiger partial charge is 0.450 e. The molecule has 1 amide bonds. The summed E-state index contributed by atoms with van der Waals surface area (Å²) in [6.45, 7) is 9.64. The van der Waals surface area contributed by atoms with E-state index in [-0.39, 0.29) is 6.09 Å². The average molecular weight is 413 g/mol. The van der Waals surface area contributed by atoms with E-state index >= 15 is 0 Å². The first-order valence-corrected chi connectivity index (χ1v) is 11.0. The van der Waals surface area contributed by atoms with Crippen LogP contribution in [0.4, 0.5) is 10.6 Å². The van der Waals surface area contributed by atoms with Crippen LogP contribution in [-0.2, 0) is 16.0 Å². The Kier molecular flexibility index (Phi) is 6.69. The molecule has 1 aromatic heterocycles. The molecule has 1 N–H and O–H groups in total. The van der Waals surface area contributed by atoms with E-state index in [1.54, 1.807) is 4.90 Å². The molecule has 7 heteroatoms. The van der Waals surface area contributed by atoms with Crippen LogP contribution in [0.2, 0.25) is 0 Å². The second-order valence-corrected chi connectivity index (χ2v) is 8.06. The predicted molar refractivity (Wildman–Crippen MR) is 118 cm³/mol. The van der Waals surface area contributed by atoms with Gasteiger partial charge in [0.15, 0.2) is 0 Å². The van der Waals surface area contributed by atoms with Crippen molar-refractivity contribution in [2.45, 2.75) is 39.3 Å². The molecule has 0 radical (unpaired) electrons. The number of pyridine rings is 1. The summed E-state index contributed by atoms with van der Waals surface area (Å²) in [5.74, 6) is 1.01. The minimum absolute atomic E-state index is 0.224.